The summed E-state index contributed by atoms with van der Waals surface area (Å²) in [5.74, 6) is 0.194. The fourth-order valence-electron chi connectivity index (χ4n) is 3.51. The molecule has 1 saturated carbocycles. The molecule has 0 amide bonds. The fraction of sp³-hybridized carbons (Fsp3) is 0.333. The van der Waals surface area contributed by atoms with Crippen LogP contribution in [0.15, 0.2) is 40.5 Å². The lowest BCUT2D eigenvalue weighted by Gasteiger charge is -2.18. The zero-order valence-corrected chi connectivity index (χ0v) is 17.5. The summed E-state index contributed by atoms with van der Waals surface area (Å²) in [5.41, 5.74) is 1.84. The number of fused-ring (bicyclic) bond motifs is 1. The van der Waals surface area contributed by atoms with Gasteiger partial charge in [0.2, 0.25) is 11.8 Å². The molecule has 4 heterocycles. The number of aromatic nitrogens is 7. The SMILES string of the molecule is CCCC(Nc1nc(=NC2CC2)n2nc/c(=C/c3[nH]c(=O)[nH]c3O)c2n1)c1ccncc1. The first kappa shape index (κ1) is 19.9. The van der Waals surface area contributed by atoms with E-state index in [0.29, 0.717) is 22.4 Å². The Morgan fingerprint density at radius 2 is 2.12 bits per heavy atom. The lowest BCUT2D eigenvalue weighted by atomic mass is 10.0. The van der Waals surface area contributed by atoms with Crippen molar-refractivity contribution in [2.45, 2.75) is 44.7 Å². The van der Waals surface area contributed by atoms with Crippen LogP contribution in [0.3, 0.4) is 0 Å². The number of imidazole rings is 1. The van der Waals surface area contributed by atoms with Gasteiger partial charge in [-0.25, -0.2) is 9.79 Å². The number of pyridine rings is 1. The highest BCUT2D eigenvalue weighted by atomic mass is 16.3. The second-order valence-corrected chi connectivity index (χ2v) is 7.79. The number of rotatable bonds is 7. The molecule has 1 fully saturated rings. The van der Waals surface area contributed by atoms with E-state index in [-0.39, 0.29) is 23.7 Å². The molecule has 0 radical (unpaired) electrons. The average Bonchev–Trinajstić information content (AvgIpc) is 3.42. The van der Waals surface area contributed by atoms with Gasteiger partial charge in [0.1, 0.15) is 5.69 Å². The van der Waals surface area contributed by atoms with Crippen LogP contribution in [0.25, 0.3) is 11.7 Å². The van der Waals surface area contributed by atoms with Crippen molar-refractivity contribution < 1.29 is 5.11 Å². The van der Waals surface area contributed by atoms with Crippen LogP contribution < -0.4 is 21.8 Å². The van der Waals surface area contributed by atoms with E-state index in [0.717, 1.165) is 31.2 Å². The van der Waals surface area contributed by atoms with E-state index in [1.807, 2.05) is 12.1 Å². The first-order valence-corrected chi connectivity index (χ1v) is 10.6. The Balaban J connectivity index is 1.63. The van der Waals surface area contributed by atoms with Crippen molar-refractivity contribution in [3.8, 4) is 5.88 Å². The molecule has 4 aromatic rings. The number of anilines is 1. The summed E-state index contributed by atoms with van der Waals surface area (Å²) in [6.45, 7) is 2.13. The number of aromatic hydroxyl groups is 1. The van der Waals surface area contributed by atoms with E-state index in [2.05, 4.69) is 37.3 Å². The summed E-state index contributed by atoms with van der Waals surface area (Å²) in [4.78, 5) is 34.5. The third-order valence-corrected chi connectivity index (χ3v) is 5.25. The molecule has 1 atom stereocenters. The van der Waals surface area contributed by atoms with Gasteiger partial charge in [-0.1, -0.05) is 13.3 Å². The van der Waals surface area contributed by atoms with Gasteiger partial charge in [-0.3, -0.25) is 9.97 Å². The van der Waals surface area contributed by atoms with Gasteiger partial charge < -0.3 is 15.4 Å². The maximum Gasteiger partial charge on any atom is 0.326 e. The first-order chi connectivity index (χ1) is 15.6. The maximum atomic E-state index is 11.5. The number of nitrogens with one attached hydrogen (secondary N) is 3. The van der Waals surface area contributed by atoms with E-state index in [1.165, 1.54) is 0 Å². The molecule has 11 nitrogen and oxygen atoms in total. The Hall–Kier alpha value is -4.02. The highest BCUT2D eigenvalue weighted by Gasteiger charge is 2.21. The van der Waals surface area contributed by atoms with Crippen LogP contribution in [-0.4, -0.2) is 45.7 Å². The topological polar surface area (TPSA) is 149 Å². The predicted octanol–water partition coefficient (Wildman–Crippen LogP) is 0.805. The number of aromatic amines is 2. The lowest BCUT2D eigenvalue weighted by molar-refractivity contribution is 0.454. The van der Waals surface area contributed by atoms with Crippen molar-refractivity contribution in [3.63, 3.8) is 0 Å². The zero-order valence-electron chi connectivity index (χ0n) is 17.5. The normalized spacial score (nSPS) is 16.0. The molecule has 4 N–H and O–H groups in total. The zero-order chi connectivity index (χ0) is 22.1. The third-order valence-electron chi connectivity index (χ3n) is 5.25. The molecule has 11 heteroatoms. The first-order valence-electron chi connectivity index (χ1n) is 10.6. The Morgan fingerprint density at radius 3 is 2.81 bits per heavy atom. The molecular weight excluding hydrogens is 410 g/mol. The molecule has 164 valence electrons. The van der Waals surface area contributed by atoms with Gasteiger partial charge in [-0.15, -0.1) is 0 Å². The second kappa shape index (κ2) is 8.25. The summed E-state index contributed by atoms with van der Waals surface area (Å²) in [5, 5.41) is 18.4. The van der Waals surface area contributed by atoms with E-state index in [4.69, 9.17) is 9.98 Å². The summed E-state index contributed by atoms with van der Waals surface area (Å²) >= 11 is 0. The summed E-state index contributed by atoms with van der Waals surface area (Å²) < 4.78 is 1.58. The molecule has 1 aliphatic carbocycles. The van der Waals surface area contributed by atoms with Gasteiger partial charge in [0.15, 0.2) is 5.65 Å². The van der Waals surface area contributed by atoms with Crippen molar-refractivity contribution in [2.24, 2.45) is 4.99 Å². The minimum Gasteiger partial charge on any atom is -0.493 e. The van der Waals surface area contributed by atoms with E-state index >= 15 is 0 Å². The van der Waals surface area contributed by atoms with Crippen molar-refractivity contribution in [3.05, 3.63) is 63.3 Å². The third kappa shape index (κ3) is 4.09. The molecule has 5 rings (SSSR count). The van der Waals surface area contributed by atoms with Gasteiger partial charge >= 0.3 is 5.69 Å². The molecule has 0 spiro atoms. The smallest absolute Gasteiger partial charge is 0.326 e. The minimum absolute atomic E-state index is 0.0136. The minimum atomic E-state index is -0.494. The average molecular weight is 433 g/mol. The van der Waals surface area contributed by atoms with Gasteiger partial charge in [0.25, 0.3) is 5.62 Å². The van der Waals surface area contributed by atoms with Crippen molar-refractivity contribution in [1.29, 1.82) is 0 Å². The number of H-pyrrole nitrogens is 2. The Bertz CT molecular complexity index is 1420. The molecule has 1 aliphatic rings. The lowest BCUT2D eigenvalue weighted by Crippen LogP contribution is -2.26. The standard InChI is InChI=1S/C21H23N9O2/c1-2-3-15(12-6-8-22-9-7-12)25-19-27-17-13(10-16-18(31)28-21(32)26-16)11-23-30(17)20(29-19)24-14-4-5-14/h6-11,14-15,31H,2-5H2,1H3,(H,24,25,29)(H2,26,28,32)/b13-10-. The maximum absolute atomic E-state index is 11.5. The summed E-state index contributed by atoms with van der Waals surface area (Å²) in [7, 11) is 0. The summed E-state index contributed by atoms with van der Waals surface area (Å²) in [6.07, 6.45) is 10.7. The van der Waals surface area contributed by atoms with Crippen LogP contribution in [0.1, 0.15) is 49.9 Å². The molecule has 0 aliphatic heterocycles. The van der Waals surface area contributed by atoms with Gasteiger partial charge in [0.05, 0.1) is 18.3 Å². The molecule has 0 bridgehead atoms. The number of hydrogen-bond acceptors (Lipinski definition) is 8. The Kier molecular flexibility index (Phi) is 5.13. The molecular formula is C21H23N9O2. The second-order valence-electron chi connectivity index (χ2n) is 7.79. The highest BCUT2D eigenvalue weighted by molar-refractivity contribution is 5.57. The van der Waals surface area contributed by atoms with E-state index < -0.39 is 5.69 Å². The van der Waals surface area contributed by atoms with E-state index in [9.17, 15) is 9.90 Å². The van der Waals surface area contributed by atoms with Crippen LogP contribution >= 0.6 is 0 Å². The molecule has 0 aromatic carbocycles. The van der Waals surface area contributed by atoms with Gasteiger partial charge in [-0.05, 0) is 43.0 Å². The Labute approximate surface area is 182 Å². The summed E-state index contributed by atoms with van der Waals surface area (Å²) in [6, 6.07) is 4.21. The van der Waals surface area contributed by atoms with Crippen molar-refractivity contribution in [1.82, 2.24) is 34.5 Å². The van der Waals surface area contributed by atoms with Crippen LogP contribution in [0.5, 0.6) is 5.88 Å². The van der Waals surface area contributed by atoms with Crippen LogP contribution in [0.2, 0.25) is 0 Å². The quantitative estimate of drug-likeness (QED) is 0.337. The number of hydrogen-bond donors (Lipinski definition) is 4. The van der Waals surface area contributed by atoms with Crippen molar-refractivity contribution in [2.75, 3.05) is 5.32 Å². The molecule has 1 unspecified atom stereocenters. The van der Waals surface area contributed by atoms with Crippen LogP contribution in [0.4, 0.5) is 5.95 Å². The monoisotopic (exact) mass is 433 g/mol. The van der Waals surface area contributed by atoms with Gasteiger partial charge in [0, 0.05) is 17.6 Å². The molecule has 0 saturated heterocycles. The van der Waals surface area contributed by atoms with Crippen LogP contribution in [-0.2, 0) is 0 Å². The van der Waals surface area contributed by atoms with Crippen molar-refractivity contribution >= 4 is 17.7 Å². The molecule has 32 heavy (non-hydrogen) atoms. The van der Waals surface area contributed by atoms with Gasteiger partial charge in [-0.2, -0.15) is 19.6 Å². The largest absolute Gasteiger partial charge is 0.493 e. The fourth-order valence-corrected chi connectivity index (χ4v) is 3.51. The predicted molar refractivity (Wildman–Crippen MR) is 117 cm³/mol. The van der Waals surface area contributed by atoms with E-state index in [1.54, 1.807) is 29.2 Å². The highest BCUT2D eigenvalue weighted by Crippen LogP contribution is 2.23. The molecule has 4 aromatic heterocycles. The number of nitrogens with zero attached hydrogens (tertiary/aromatic N) is 6. The van der Waals surface area contributed by atoms with Crippen LogP contribution in [0, 0.1) is 0 Å². The Morgan fingerprint density at radius 1 is 1.31 bits per heavy atom.